The molecular weight excluding hydrogens is 526 g/mol. The third kappa shape index (κ3) is 12.5. The van der Waals surface area contributed by atoms with Crippen molar-refractivity contribution < 1.29 is 23.7 Å². The Balaban J connectivity index is 1.65. The topological polar surface area (TPSA) is 57.2 Å². The molecule has 0 N–H and O–H groups in total. The Labute approximate surface area is 255 Å². The predicted octanol–water partition coefficient (Wildman–Crippen LogP) is 7.73. The van der Waals surface area contributed by atoms with E-state index in [-0.39, 0.29) is 30.3 Å². The molecule has 1 fully saturated rings. The van der Waals surface area contributed by atoms with Crippen LogP contribution in [-0.2, 0) is 37.0 Å². The van der Waals surface area contributed by atoms with Crippen LogP contribution in [0.1, 0.15) is 95.6 Å². The van der Waals surface area contributed by atoms with E-state index < -0.39 is 0 Å². The van der Waals surface area contributed by atoms with Gasteiger partial charge in [-0.3, -0.25) is 9.69 Å². The van der Waals surface area contributed by atoms with Crippen LogP contribution in [0.2, 0.25) is 0 Å². The van der Waals surface area contributed by atoms with E-state index in [1.54, 1.807) is 0 Å². The molecular formula is C36H55NO5. The summed E-state index contributed by atoms with van der Waals surface area (Å²) in [6.45, 7) is 7.36. The molecule has 1 aliphatic carbocycles. The Hall–Kier alpha value is -2.25. The predicted molar refractivity (Wildman–Crippen MR) is 169 cm³/mol. The number of carbonyl (C=O) groups is 1. The van der Waals surface area contributed by atoms with Gasteiger partial charge in [-0.25, -0.2) is 0 Å². The molecule has 0 aromatic heterocycles. The van der Waals surface area contributed by atoms with E-state index in [0.29, 0.717) is 26.2 Å². The smallest absolute Gasteiger partial charge is 0.305 e. The van der Waals surface area contributed by atoms with Gasteiger partial charge in [-0.05, 0) is 50.9 Å². The average molecular weight is 582 g/mol. The van der Waals surface area contributed by atoms with Crippen LogP contribution >= 0.6 is 0 Å². The van der Waals surface area contributed by atoms with Crippen LogP contribution in [0.4, 0.5) is 0 Å². The zero-order valence-corrected chi connectivity index (χ0v) is 26.4. The second-order valence-corrected chi connectivity index (χ2v) is 11.6. The molecule has 0 unspecified atom stereocenters. The maximum atomic E-state index is 11.7. The lowest BCUT2D eigenvalue weighted by atomic mass is 10.1. The zero-order chi connectivity index (χ0) is 29.8. The van der Waals surface area contributed by atoms with Crippen molar-refractivity contribution in [3.63, 3.8) is 0 Å². The Morgan fingerprint density at radius 1 is 0.738 bits per heavy atom. The fraction of sp³-hybridized carbons (Fsp3) is 0.639. The third-order valence-electron chi connectivity index (χ3n) is 8.18. The van der Waals surface area contributed by atoms with E-state index in [9.17, 15) is 4.79 Å². The summed E-state index contributed by atoms with van der Waals surface area (Å²) in [4.78, 5) is 14.2. The molecule has 6 nitrogen and oxygen atoms in total. The number of likely N-dealkylation sites (N-methyl/N-ethyl adjacent to an activating group) is 1. The van der Waals surface area contributed by atoms with Crippen molar-refractivity contribution in [3.8, 4) is 0 Å². The number of rotatable bonds is 22. The fourth-order valence-electron chi connectivity index (χ4n) is 5.85. The Bertz CT molecular complexity index is 956. The summed E-state index contributed by atoms with van der Waals surface area (Å²) in [6, 6.07) is 20.9. The zero-order valence-electron chi connectivity index (χ0n) is 26.4. The lowest BCUT2D eigenvalue weighted by Gasteiger charge is -2.34. The molecule has 0 heterocycles. The van der Waals surface area contributed by atoms with Crippen LogP contribution < -0.4 is 0 Å². The van der Waals surface area contributed by atoms with Gasteiger partial charge in [-0.1, -0.05) is 106 Å². The highest BCUT2D eigenvalue weighted by Gasteiger charge is 2.47. The van der Waals surface area contributed by atoms with Crippen LogP contribution in [0.15, 0.2) is 60.7 Å². The fourth-order valence-corrected chi connectivity index (χ4v) is 5.85. The minimum absolute atomic E-state index is 0.00469. The molecule has 0 aliphatic heterocycles. The van der Waals surface area contributed by atoms with Gasteiger partial charge in [0.25, 0.3) is 0 Å². The highest BCUT2D eigenvalue weighted by molar-refractivity contribution is 5.69. The number of unbranched alkanes of at least 4 members (excludes halogenated alkanes) is 7. The van der Waals surface area contributed by atoms with Crippen molar-refractivity contribution in [1.82, 2.24) is 4.90 Å². The summed E-state index contributed by atoms with van der Waals surface area (Å²) in [6.07, 6.45) is 11.5. The van der Waals surface area contributed by atoms with Gasteiger partial charge in [0.2, 0.25) is 0 Å². The SMILES string of the molecule is CCCCCCCCO[C@@H]1[C@@H](N(C)CCCCCC(=O)OCC)[C@H](OCc2ccccc2)C[C@@H]1OCc1ccccc1. The van der Waals surface area contributed by atoms with Crippen molar-refractivity contribution in [3.05, 3.63) is 71.8 Å². The van der Waals surface area contributed by atoms with Gasteiger partial charge >= 0.3 is 5.97 Å². The van der Waals surface area contributed by atoms with Gasteiger partial charge in [0, 0.05) is 19.4 Å². The quantitative estimate of drug-likeness (QED) is 0.105. The molecule has 234 valence electrons. The van der Waals surface area contributed by atoms with Crippen LogP contribution in [-0.4, -0.2) is 62.0 Å². The second kappa shape index (κ2) is 20.6. The highest BCUT2D eigenvalue weighted by atomic mass is 16.6. The summed E-state index contributed by atoms with van der Waals surface area (Å²) in [5.74, 6) is -0.0995. The molecule has 0 amide bonds. The molecule has 2 aromatic rings. The molecule has 1 saturated carbocycles. The second-order valence-electron chi connectivity index (χ2n) is 11.6. The Morgan fingerprint density at radius 3 is 1.98 bits per heavy atom. The lowest BCUT2D eigenvalue weighted by Crippen LogP contribution is -2.48. The molecule has 2 aromatic carbocycles. The number of esters is 1. The molecule has 6 heteroatoms. The number of ether oxygens (including phenoxy) is 4. The summed E-state index contributed by atoms with van der Waals surface area (Å²) in [5.41, 5.74) is 2.35. The molecule has 0 bridgehead atoms. The summed E-state index contributed by atoms with van der Waals surface area (Å²) < 4.78 is 25.0. The van der Waals surface area contributed by atoms with Gasteiger partial charge in [-0.2, -0.15) is 0 Å². The van der Waals surface area contributed by atoms with Crippen molar-refractivity contribution in [2.75, 3.05) is 26.8 Å². The maximum Gasteiger partial charge on any atom is 0.305 e. The van der Waals surface area contributed by atoms with Crippen molar-refractivity contribution in [2.24, 2.45) is 0 Å². The Morgan fingerprint density at radius 2 is 1.33 bits per heavy atom. The first-order valence-electron chi connectivity index (χ1n) is 16.4. The average Bonchev–Trinajstić information content (AvgIpc) is 3.36. The Kier molecular flexibility index (Phi) is 16.8. The highest BCUT2D eigenvalue weighted by Crippen LogP contribution is 2.33. The van der Waals surface area contributed by atoms with Crippen molar-refractivity contribution in [2.45, 2.75) is 122 Å². The van der Waals surface area contributed by atoms with Gasteiger partial charge in [0.05, 0.1) is 38.1 Å². The van der Waals surface area contributed by atoms with E-state index in [1.165, 1.54) is 43.2 Å². The summed E-state index contributed by atoms with van der Waals surface area (Å²) in [7, 11) is 2.19. The van der Waals surface area contributed by atoms with Crippen molar-refractivity contribution >= 4 is 5.97 Å². The van der Waals surface area contributed by atoms with Crippen LogP contribution in [0.5, 0.6) is 0 Å². The third-order valence-corrected chi connectivity index (χ3v) is 8.18. The molecule has 3 rings (SSSR count). The molecule has 42 heavy (non-hydrogen) atoms. The maximum absolute atomic E-state index is 11.7. The van der Waals surface area contributed by atoms with Crippen LogP contribution in [0.3, 0.4) is 0 Å². The standard InChI is InChI=1S/C36H55NO5/c1-4-6-7-8-9-19-26-40-36-33(42-29-31-22-15-11-16-23-31)27-32(41-28-30-20-13-10-14-21-30)35(36)37(3)25-18-12-17-24-34(38)39-5-2/h10-11,13-16,20-23,32-33,35-36H,4-9,12,17-19,24-29H2,1-3H3/t32-,33+,35+,36+/m1/s1. The minimum atomic E-state index is -0.0995. The van der Waals surface area contributed by atoms with Gasteiger partial charge in [0.15, 0.2) is 0 Å². The van der Waals surface area contributed by atoms with Crippen molar-refractivity contribution in [1.29, 1.82) is 0 Å². The number of benzene rings is 2. The monoisotopic (exact) mass is 581 g/mol. The molecule has 0 saturated heterocycles. The lowest BCUT2D eigenvalue weighted by molar-refractivity contribution is -0.143. The summed E-state index contributed by atoms with van der Waals surface area (Å²) in [5, 5.41) is 0. The van der Waals surface area contributed by atoms with Gasteiger partial charge < -0.3 is 18.9 Å². The number of carbonyl (C=O) groups excluding carboxylic acids is 1. The first-order valence-corrected chi connectivity index (χ1v) is 16.4. The largest absolute Gasteiger partial charge is 0.466 e. The molecule has 4 atom stereocenters. The first kappa shape index (κ1) is 34.2. The summed E-state index contributed by atoms with van der Waals surface area (Å²) >= 11 is 0. The normalized spacial score (nSPS) is 20.3. The molecule has 0 spiro atoms. The molecule has 1 aliphatic rings. The van der Waals surface area contributed by atoms with E-state index in [0.717, 1.165) is 45.3 Å². The number of nitrogens with zero attached hydrogens (tertiary/aromatic N) is 1. The van der Waals surface area contributed by atoms with E-state index in [1.807, 2.05) is 19.1 Å². The first-order chi connectivity index (χ1) is 20.6. The van der Waals surface area contributed by atoms with E-state index >= 15 is 0 Å². The number of hydrogen-bond acceptors (Lipinski definition) is 6. The minimum Gasteiger partial charge on any atom is -0.466 e. The van der Waals surface area contributed by atoms with Crippen LogP contribution in [0.25, 0.3) is 0 Å². The van der Waals surface area contributed by atoms with E-state index in [2.05, 4.69) is 67.4 Å². The van der Waals surface area contributed by atoms with Crippen LogP contribution in [0, 0.1) is 0 Å². The van der Waals surface area contributed by atoms with E-state index in [4.69, 9.17) is 18.9 Å². The molecule has 0 radical (unpaired) electrons. The van der Waals surface area contributed by atoms with Gasteiger partial charge in [-0.15, -0.1) is 0 Å². The van der Waals surface area contributed by atoms with Gasteiger partial charge in [0.1, 0.15) is 6.10 Å². The number of hydrogen-bond donors (Lipinski definition) is 0.